The van der Waals surface area contributed by atoms with Crippen molar-refractivity contribution in [3.05, 3.63) is 71.1 Å². The number of nitrogens with one attached hydrogen (secondary N) is 1. The third-order valence-electron chi connectivity index (χ3n) is 4.22. The van der Waals surface area contributed by atoms with E-state index < -0.39 is 11.7 Å². The molecule has 1 amide bonds. The predicted octanol–water partition coefficient (Wildman–Crippen LogP) is 4.14. The van der Waals surface area contributed by atoms with Crippen LogP contribution in [0.1, 0.15) is 16.1 Å². The van der Waals surface area contributed by atoms with E-state index in [2.05, 4.69) is 15.6 Å². The van der Waals surface area contributed by atoms with Gasteiger partial charge in [-0.3, -0.25) is 9.48 Å². The summed E-state index contributed by atoms with van der Waals surface area (Å²) in [5.74, 6) is -0.349. The number of hydrogen-bond donors (Lipinski definition) is 1. The van der Waals surface area contributed by atoms with Crippen molar-refractivity contribution < 1.29 is 13.7 Å². The molecule has 0 aliphatic heterocycles. The molecule has 0 spiro atoms. The second-order valence-corrected chi connectivity index (χ2v) is 7.12. The van der Waals surface area contributed by atoms with E-state index in [4.69, 9.17) is 4.52 Å². The largest absolute Gasteiger partial charge is 0.356 e. The van der Waals surface area contributed by atoms with Crippen molar-refractivity contribution >= 4 is 17.2 Å². The Kier molecular flexibility index (Phi) is 5.03. The molecule has 0 bridgehead atoms. The lowest BCUT2D eigenvalue weighted by atomic mass is 10.1. The van der Waals surface area contributed by atoms with Crippen LogP contribution in [0.4, 0.5) is 4.39 Å². The van der Waals surface area contributed by atoms with Gasteiger partial charge in [-0.1, -0.05) is 23.4 Å². The number of aromatic nitrogens is 3. The Morgan fingerprint density at radius 2 is 2.14 bits per heavy atom. The first kappa shape index (κ1) is 18.1. The lowest BCUT2D eigenvalue weighted by Gasteiger charge is -2.09. The number of nitrogens with zero attached hydrogens (tertiary/aromatic N) is 3. The third-order valence-corrected chi connectivity index (χ3v) is 5.09. The summed E-state index contributed by atoms with van der Waals surface area (Å²) >= 11 is 1.59. The summed E-state index contributed by atoms with van der Waals surface area (Å²) in [6, 6.07) is 11.7. The molecule has 0 fully saturated rings. The number of halogens is 1. The Balaban J connectivity index is 1.54. The number of thiophene rings is 1. The molecule has 0 radical (unpaired) electrons. The molecule has 3 aromatic heterocycles. The third kappa shape index (κ3) is 3.59. The summed E-state index contributed by atoms with van der Waals surface area (Å²) in [7, 11) is 0. The smallest absolute Gasteiger partial charge is 0.254 e. The Morgan fingerprint density at radius 3 is 2.86 bits per heavy atom. The van der Waals surface area contributed by atoms with Crippen molar-refractivity contribution in [3.8, 4) is 21.9 Å². The zero-order valence-corrected chi connectivity index (χ0v) is 15.9. The standard InChI is InChI=1S/C20H17FN4O2S/c1-13-11-17(27-24-13)15-12-23-25(19(15)18-7-4-10-28-18)9-8-22-20(26)14-5-2-3-6-16(14)21/h2-7,10-12H,8-9H2,1H3,(H,22,26). The number of amides is 1. The van der Waals surface area contributed by atoms with Gasteiger partial charge in [0.05, 0.1) is 40.1 Å². The first-order valence-electron chi connectivity index (χ1n) is 8.69. The van der Waals surface area contributed by atoms with Gasteiger partial charge in [-0.25, -0.2) is 4.39 Å². The highest BCUT2D eigenvalue weighted by atomic mass is 32.1. The minimum Gasteiger partial charge on any atom is -0.356 e. The maximum atomic E-state index is 13.7. The molecule has 4 rings (SSSR count). The average Bonchev–Trinajstić information content (AvgIpc) is 3.42. The van der Waals surface area contributed by atoms with Crippen molar-refractivity contribution in [2.45, 2.75) is 13.5 Å². The number of aryl methyl sites for hydroxylation is 1. The molecule has 1 aromatic carbocycles. The van der Waals surface area contributed by atoms with Crippen molar-refractivity contribution in [1.82, 2.24) is 20.3 Å². The van der Waals surface area contributed by atoms with Gasteiger partial charge >= 0.3 is 0 Å². The molecule has 0 saturated carbocycles. The first-order valence-corrected chi connectivity index (χ1v) is 9.57. The Bertz CT molecular complexity index is 1100. The quantitative estimate of drug-likeness (QED) is 0.532. The molecule has 0 unspecified atom stereocenters. The second kappa shape index (κ2) is 7.77. The topological polar surface area (TPSA) is 73.0 Å². The molecule has 28 heavy (non-hydrogen) atoms. The van der Waals surface area contributed by atoms with Crippen LogP contribution in [0, 0.1) is 12.7 Å². The fraction of sp³-hybridized carbons (Fsp3) is 0.150. The number of benzene rings is 1. The molecular formula is C20H17FN4O2S. The minimum atomic E-state index is -0.540. The zero-order chi connectivity index (χ0) is 19.5. The van der Waals surface area contributed by atoms with Crippen molar-refractivity contribution in [2.75, 3.05) is 6.54 Å². The van der Waals surface area contributed by atoms with E-state index in [0.29, 0.717) is 18.8 Å². The number of hydrogen-bond acceptors (Lipinski definition) is 5. The molecule has 142 valence electrons. The van der Waals surface area contributed by atoms with E-state index in [-0.39, 0.29) is 5.56 Å². The van der Waals surface area contributed by atoms with Gasteiger partial charge in [0.1, 0.15) is 5.82 Å². The fourth-order valence-electron chi connectivity index (χ4n) is 2.91. The summed E-state index contributed by atoms with van der Waals surface area (Å²) < 4.78 is 21.0. The SMILES string of the molecule is Cc1cc(-c2cnn(CCNC(=O)c3ccccc3F)c2-c2cccs2)on1. The van der Waals surface area contributed by atoms with Crippen LogP contribution in [-0.2, 0) is 6.54 Å². The van der Waals surface area contributed by atoms with E-state index >= 15 is 0 Å². The lowest BCUT2D eigenvalue weighted by molar-refractivity contribution is 0.0948. The van der Waals surface area contributed by atoms with E-state index in [1.165, 1.54) is 12.1 Å². The van der Waals surface area contributed by atoms with Gasteiger partial charge in [-0.15, -0.1) is 11.3 Å². The minimum absolute atomic E-state index is 0.0271. The van der Waals surface area contributed by atoms with Crippen molar-refractivity contribution in [1.29, 1.82) is 0 Å². The van der Waals surface area contributed by atoms with E-state index in [9.17, 15) is 9.18 Å². The molecule has 4 aromatic rings. The normalized spacial score (nSPS) is 10.9. The van der Waals surface area contributed by atoms with Gasteiger partial charge in [0.15, 0.2) is 5.76 Å². The number of carbonyl (C=O) groups is 1. The summed E-state index contributed by atoms with van der Waals surface area (Å²) in [6.45, 7) is 2.60. The second-order valence-electron chi connectivity index (χ2n) is 6.18. The summed E-state index contributed by atoms with van der Waals surface area (Å²) in [6.07, 6.45) is 1.73. The fourth-order valence-corrected chi connectivity index (χ4v) is 3.70. The number of rotatable bonds is 6. The monoisotopic (exact) mass is 396 g/mol. The number of carbonyl (C=O) groups excluding carboxylic acids is 1. The molecule has 0 aliphatic carbocycles. The van der Waals surface area contributed by atoms with Crippen LogP contribution in [0.3, 0.4) is 0 Å². The molecule has 0 atom stereocenters. The predicted molar refractivity (Wildman–Crippen MR) is 105 cm³/mol. The van der Waals surface area contributed by atoms with Crippen LogP contribution < -0.4 is 5.32 Å². The van der Waals surface area contributed by atoms with Crippen LogP contribution in [0.2, 0.25) is 0 Å². The molecule has 3 heterocycles. The Morgan fingerprint density at radius 1 is 1.29 bits per heavy atom. The first-order chi connectivity index (χ1) is 13.6. The maximum Gasteiger partial charge on any atom is 0.254 e. The zero-order valence-electron chi connectivity index (χ0n) is 15.1. The van der Waals surface area contributed by atoms with Gasteiger partial charge in [0.25, 0.3) is 5.91 Å². The molecule has 0 saturated heterocycles. The Hall–Kier alpha value is -3.26. The summed E-state index contributed by atoms with van der Waals surface area (Å²) in [5, 5.41) is 13.1. The molecular weight excluding hydrogens is 379 g/mol. The highest BCUT2D eigenvalue weighted by molar-refractivity contribution is 7.13. The van der Waals surface area contributed by atoms with Gasteiger partial charge in [0, 0.05) is 12.6 Å². The van der Waals surface area contributed by atoms with Crippen LogP contribution in [0.5, 0.6) is 0 Å². The Labute approximate surface area is 164 Å². The van der Waals surface area contributed by atoms with Crippen LogP contribution in [-0.4, -0.2) is 27.4 Å². The highest BCUT2D eigenvalue weighted by Crippen LogP contribution is 2.34. The van der Waals surface area contributed by atoms with Gasteiger partial charge < -0.3 is 9.84 Å². The van der Waals surface area contributed by atoms with Crippen LogP contribution >= 0.6 is 11.3 Å². The highest BCUT2D eigenvalue weighted by Gasteiger charge is 2.19. The molecule has 6 nitrogen and oxygen atoms in total. The van der Waals surface area contributed by atoms with Crippen LogP contribution in [0.25, 0.3) is 21.9 Å². The van der Waals surface area contributed by atoms with Crippen LogP contribution in [0.15, 0.2) is 58.6 Å². The average molecular weight is 396 g/mol. The molecule has 8 heteroatoms. The van der Waals surface area contributed by atoms with E-state index in [1.54, 1.807) is 34.3 Å². The van der Waals surface area contributed by atoms with E-state index in [0.717, 1.165) is 21.8 Å². The van der Waals surface area contributed by atoms with Gasteiger partial charge in [0.2, 0.25) is 0 Å². The van der Waals surface area contributed by atoms with Gasteiger partial charge in [-0.05, 0) is 30.5 Å². The summed E-state index contributed by atoms with van der Waals surface area (Å²) in [5.41, 5.74) is 2.55. The van der Waals surface area contributed by atoms with Crippen molar-refractivity contribution in [2.24, 2.45) is 0 Å². The molecule has 1 N–H and O–H groups in total. The molecule has 0 aliphatic rings. The lowest BCUT2D eigenvalue weighted by Crippen LogP contribution is -2.28. The van der Waals surface area contributed by atoms with E-state index in [1.807, 2.05) is 30.5 Å². The maximum absolute atomic E-state index is 13.7. The van der Waals surface area contributed by atoms with Crippen molar-refractivity contribution in [3.63, 3.8) is 0 Å². The summed E-state index contributed by atoms with van der Waals surface area (Å²) in [4.78, 5) is 13.2. The van der Waals surface area contributed by atoms with Gasteiger partial charge in [-0.2, -0.15) is 5.10 Å².